The number of nitrogens with one attached hydrogen (secondary N) is 1. The fraction of sp³-hybridized carbons (Fsp3) is 0.200. The second-order valence-corrected chi connectivity index (χ2v) is 9.81. The van der Waals surface area contributed by atoms with E-state index in [1.54, 1.807) is 60.7 Å². The summed E-state index contributed by atoms with van der Waals surface area (Å²) < 4.78 is 36.6. The Bertz CT molecular complexity index is 1360. The minimum atomic E-state index is -3.76. The maximum atomic E-state index is 12.6. The summed E-state index contributed by atoms with van der Waals surface area (Å²) in [5.74, 6) is 0.527. The molecule has 1 atom stereocenters. The average Bonchev–Trinajstić information content (AvgIpc) is 2.88. The first-order chi connectivity index (χ1) is 17.6. The maximum absolute atomic E-state index is 12.6. The van der Waals surface area contributed by atoms with E-state index in [-0.39, 0.29) is 12.3 Å². The molecule has 0 bridgehead atoms. The Morgan fingerprint density at radius 3 is 2.19 bits per heavy atom. The summed E-state index contributed by atoms with van der Waals surface area (Å²) >= 11 is 0. The Labute approximate surface area is 214 Å². The fourth-order valence-electron chi connectivity index (χ4n) is 3.33. The molecule has 12 heteroatoms. The van der Waals surface area contributed by atoms with Crippen LogP contribution >= 0.6 is 0 Å². The van der Waals surface area contributed by atoms with Gasteiger partial charge in [0.05, 0.1) is 30.2 Å². The predicted molar refractivity (Wildman–Crippen MR) is 139 cm³/mol. The van der Waals surface area contributed by atoms with E-state index in [2.05, 4.69) is 10.5 Å². The van der Waals surface area contributed by atoms with E-state index >= 15 is 0 Å². The zero-order valence-corrected chi connectivity index (χ0v) is 21.2. The highest BCUT2D eigenvalue weighted by molar-refractivity contribution is 7.92. The lowest BCUT2D eigenvalue weighted by atomic mass is 10.2. The molecule has 1 amide bonds. The lowest BCUT2D eigenvalue weighted by Gasteiger charge is -2.27. The number of nitrogens with zero attached hydrogens (tertiary/aromatic N) is 3. The summed E-state index contributed by atoms with van der Waals surface area (Å²) in [6, 6.07) is 18.2. The number of rotatable bonds is 11. The molecular weight excluding hydrogens is 500 g/mol. The quantitative estimate of drug-likeness (QED) is 0.229. The monoisotopic (exact) mass is 526 g/mol. The van der Waals surface area contributed by atoms with Crippen molar-refractivity contribution in [2.75, 3.05) is 17.7 Å². The first kappa shape index (κ1) is 27.1. The van der Waals surface area contributed by atoms with Crippen molar-refractivity contribution in [1.29, 1.82) is 0 Å². The second-order valence-electron chi connectivity index (χ2n) is 7.95. The smallest absolute Gasteiger partial charge is 0.269 e. The Hall–Kier alpha value is -4.45. The molecule has 37 heavy (non-hydrogen) atoms. The summed E-state index contributed by atoms with van der Waals surface area (Å²) in [6.07, 6.45) is 2.44. The third-order valence-electron chi connectivity index (χ3n) is 5.24. The summed E-state index contributed by atoms with van der Waals surface area (Å²) in [4.78, 5) is 22.9. The van der Waals surface area contributed by atoms with E-state index in [4.69, 9.17) is 9.47 Å². The van der Waals surface area contributed by atoms with Gasteiger partial charge in [-0.15, -0.1) is 0 Å². The predicted octanol–water partition coefficient (Wildman–Crippen LogP) is 3.49. The topological polar surface area (TPSA) is 140 Å². The van der Waals surface area contributed by atoms with E-state index in [1.807, 2.05) is 0 Å². The van der Waals surface area contributed by atoms with Crippen molar-refractivity contribution in [3.8, 4) is 11.5 Å². The molecule has 0 radical (unpaired) electrons. The van der Waals surface area contributed by atoms with Crippen molar-refractivity contribution in [3.63, 3.8) is 0 Å². The van der Waals surface area contributed by atoms with Gasteiger partial charge in [0, 0.05) is 12.1 Å². The van der Waals surface area contributed by atoms with Crippen LogP contribution in [-0.2, 0) is 21.4 Å². The molecule has 0 aromatic heterocycles. The number of sulfonamides is 1. The molecule has 0 saturated carbocycles. The number of non-ortho nitro benzene ring substituents is 1. The van der Waals surface area contributed by atoms with Crippen LogP contribution in [0.2, 0.25) is 0 Å². The van der Waals surface area contributed by atoms with E-state index in [0.717, 1.165) is 16.1 Å². The lowest BCUT2D eigenvalue weighted by Crippen LogP contribution is -2.46. The molecule has 1 unspecified atom stereocenters. The van der Waals surface area contributed by atoms with Gasteiger partial charge in [0.2, 0.25) is 10.0 Å². The third kappa shape index (κ3) is 7.51. The van der Waals surface area contributed by atoms with E-state index < -0.39 is 26.9 Å². The zero-order chi connectivity index (χ0) is 27.0. The molecule has 0 saturated heterocycles. The fourth-order valence-corrected chi connectivity index (χ4v) is 4.51. The molecule has 0 aliphatic heterocycles. The van der Waals surface area contributed by atoms with Crippen LogP contribution < -0.4 is 19.2 Å². The Kier molecular flexibility index (Phi) is 8.80. The van der Waals surface area contributed by atoms with Crippen LogP contribution in [0.15, 0.2) is 77.9 Å². The van der Waals surface area contributed by atoms with Gasteiger partial charge in [-0.05, 0) is 78.7 Å². The standard InChI is InChI=1S/C25H26N4O7S/c1-18(28(37(3,33)34)21-10-14-23(35-2)15-11-21)25(30)27-26-16-19-6-12-24(13-7-19)36-17-20-4-8-22(9-5-20)29(31)32/h4-16,18H,17H2,1-3H3,(H,27,30)/b26-16+. The summed E-state index contributed by atoms with van der Waals surface area (Å²) in [5, 5.41) is 14.7. The molecule has 3 aromatic rings. The number of carbonyl (C=O) groups excluding carboxylic acids is 1. The van der Waals surface area contributed by atoms with E-state index in [1.165, 1.54) is 32.4 Å². The van der Waals surface area contributed by atoms with E-state index in [9.17, 15) is 23.3 Å². The van der Waals surface area contributed by atoms with Crippen molar-refractivity contribution in [3.05, 3.63) is 94.0 Å². The zero-order valence-electron chi connectivity index (χ0n) is 20.4. The minimum absolute atomic E-state index is 0.0126. The second kappa shape index (κ2) is 12.0. The number of nitro benzene ring substituents is 1. The van der Waals surface area contributed by atoms with E-state index in [0.29, 0.717) is 22.7 Å². The Morgan fingerprint density at radius 1 is 1.05 bits per heavy atom. The number of hydrogen-bond donors (Lipinski definition) is 1. The van der Waals surface area contributed by atoms with Crippen molar-refractivity contribution >= 4 is 33.5 Å². The third-order valence-corrected chi connectivity index (χ3v) is 6.48. The van der Waals surface area contributed by atoms with Gasteiger partial charge in [0.25, 0.3) is 11.6 Å². The molecule has 3 aromatic carbocycles. The number of nitro groups is 1. The number of amides is 1. The van der Waals surface area contributed by atoms with Gasteiger partial charge in [-0.3, -0.25) is 19.2 Å². The molecule has 1 N–H and O–H groups in total. The average molecular weight is 527 g/mol. The molecule has 0 aliphatic rings. The number of hydrazone groups is 1. The van der Waals surface area contributed by atoms with Crippen LogP contribution in [0.4, 0.5) is 11.4 Å². The van der Waals surface area contributed by atoms with Gasteiger partial charge in [0.1, 0.15) is 24.1 Å². The molecule has 0 spiro atoms. The van der Waals surface area contributed by atoms with Crippen LogP contribution in [0, 0.1) is 10.1 Å². The van der Waals surface area contributed by atoms with Crippen LogP contribution in [0.3, 0.4) is 0 Å². The maximum Gasteiger partial charge on any atom is 0.269 e. The Balaban J connectivity index is 1.57. The van der Waals surface area contributed by atoms with Gasteiger partial charge in [-0.2, -0.15) is 5.10 Å². The largest absolute Gasteiger partial charge is 0.497 e. The molecule has 0 fully saturated rings. The lowest BCUT2D eigenvalue weighted by molar-refractivity contribution is -0.384. The van der Waals surface area contributed by atoms with Gasteiger partial charge in [-0.1, -0.05) is 0 Å². The highest BCUT2D eigenvalue weighted by atomic mass is 32.2. The molecule has 11 nitrogen and oxygen atoms in total. The first-order valence-electron chi connectivity index (χ1n) is 11.0. The van der Waals surface area contributed by atoms with Gasteiger partial charge >= 0.3 is 0 Å². The molecule has 0 heterocycles. The van der Waals surface area contributed by atoms with Crippen molar-refractivity contribution in [2.45, 2.75) is 19.6 Å². The SMILES string of the molecule is COc1ccc(N(C(C)C(=O)N/N=C/c2ccc(OCc3ccc([N+](=O)[O-])cc3)cc2)S(C)(=O)=O)cc1. The van der Waals surface area contributed by atoms with Crippen LogP contribution in [0.5, 0.6) is 11.5 Å². The molecule has 3 rings (SSSR count). The number of ether oxygens (including phenoxy) is 2. The molecular formula is C25H26N4O7S. The number of benzene rings is 3. The summed E-state index contributed by atoms with van der Waals surface area (Å²) in [7, 11) is -2.26. The van der Waals surface area contributed by atoms with Crippen molar-refractivity contribution in [2.24, 2.45) is 5.10 Å². The number of anilines is 1. The highest BCUT2D eigenvalue weighted by Crippen LogP contribution is 2.24. The Morgan fingerprint density at radius 2 is 1.65 bits per heavy atom. The molecule has 194 valence electrons. The summed E-state index contributed by atoms with van der Waals surface area (Å²) in [6.45, 7) is 1.71. The molecule has 0 aliphatic carbocycles. The van der Waals surface area contributed by atoms with Gasteiger partial charge in [-0.25, -0.2) is 13.8 Å². The number of hydrogen-bond acceptors (Lipinski definition) is 8. The van der Waals surface area contributed by atoms with Crippen molar-refractivity contribution < 1.29 is 27.6 Å². The van der Waals surface area contributed by atoms with Crippen LogP contribution in [0.1, 0.15) is 18.1 Å². The number of carbonyl (C=O) groups is 1. The van der Waals surface area contributed by atoms with Crippen LogP contribution in [0.25, 0.3) is 0 Å². The minimum Gasteiger partial charge on any atom is -0.497 e. The number of methoxy groups -OCH3 is 1. The van der Waals surface area contributed by atoms with Crippen molar-refractivity contribution in [1.82, 2.24) is 5.43 Å². The van der Waals surface area contributed by atoms with Gasteiger partial charge in [0.15, 0.2) is 0 Å². The van der Waals surface area contributed by atoms with Crippen LogP contribution in [-0.4, -0.2) is 44.9 Å². The highest BCUT2D eigenvalue weighted by Gasteiger charge is 2.29. The first-order valence-corrected chi connectivity index (χ1v) is 12.9. The normalized spacial score (nSPS) is 12.1. The van der Waals surface area contributed by atoms with Gasteiger partial charge < -0.3 is 9.47 Å². The summed E-state index contributed by atoms with van der Waals surface area (Å²) in [5.41, 5.74) is 4.16.